The Labute approximate surface area is 131 Å². The summed E-state index contributed by atoms with van der Waals surface area (Å²) in [7, 11) is 0. The summed E-state index contributed by atoms with van der Waals surface area (Å²) >= 11 is 6.08. The summed E-state index contributed by atoms with van der Waals surface area (Å²) in [6.07, 6.45) is 1.58. The molecule has 0 aliphatic rings. The third kappa shape index (κ3) is 3.64. The van der Waals surface area contributed by atoms with Crippen molar-refractivity contribution in [1.29, 1.82) is 0 Å². The molecule has 112 valence electrons. The van der Waals surface area contributed by atoms with Crippen LogP contribution in [0.1, 0.15) is 37.8 Å². The number of nitrogens with zero attached hydrogens (tertiary/aromatic N) is 2. The summed E-state index contributed by atoms with van der Waals surface area (Å²) in [5.41, 5.74) is 3.17. The summed E-state index contributed by atoms with van der Waals surface area (Å²) in [5, 5.41) is 7.38. The average molecular weight is 305 g/mol. The minimum absolute atomic E-state index is 0.308. The van der Waals surface area contributed by atoms with Gasteiger partial charge in [-0.2, -0.15) is 0 Å². The molecule has 0 aliphatic heterocycles. The number of nitrogens with one attached hydrogen (secondary N) is 2. The third-order valence-corrected chi connectivity index (χ3v) is 3.49. The molecular formula is C16H21ClN4. The van der Waals surface area contributed by atoms with Crippen LogP contribution in [-0.4, -0.2) is 16.5 Å². The lowest BCUT2D eigenvalue weighted by Crippen LogP contribution is -2.09. The highest BCUT2D eigenvalue weighted by Crippen LogP contribution is 2.31. The Morgan fingerprint density at radius 3 is 2.57 bits per heavy atom. The molecule has 1 aromatic heterocycles. The van der Waals surface area contributed by atoms with Crippen LogP contribution in [0.4, 0.5) is 17.3 Å². The van der Waals surface area contributed by atoms with E-state index in [0.717, 1.165) is 35.0 Å². The SMILES string of the molecule is CCNc1ncnc(Nc2cc(Cl)ccc2C)c1C(C)C. The van der Waals surface area contributed by atoms with Gasteiger partial charge in [0.05, 0.1) is 0 Å². The number of halogens is 1. The van der Waals surface area contributed by atoms with Crippen molar-refractivity contribution in [2.75, 3.05) is 17.2 Å². The largest absolute Gasteiger partial charge is 0.370 e. The molecule has 0 amide bonds. The molecule has 2 rings (SSSR count). The molecule has 0 saturated heterocycles. The second kappa shape index (κ2) is 6.76. The lowest BCUT2D eigenvalue weighted by atomic mass is 10.0. The van der Waals surface area contributed by atoms with Crippen molar-refractivity contribution in [3.05, 3.63) is 40.7 Å². The highest BCUT2D eigenvalue weighted by molar-refractivity contribution is 6.30. The topological polar surface area (TPSA) is 49.8 Å². The first-order valence-corrected chi connectivity index (χ1v) is 7.52. The van der Waals surface area contributed by atoms with E-state index in [1.807, 2.05) is 25.1 Å². The van der Waals surface area contributed by atoms with Crippen molar-refractivity contribution in [2.24, 2.45) is 0 Å². The minimum Gasteiger partial charge on any atom is -0.370 e. The molecule has 4 nitrogen and oxygen atoms in total. The smallest absolute Gasteiger partial charge is 0.139 e. The van der Waals surface area contributed by atoms with Crippen molar-refractivity contribution in [3.63, 3.8) is 0 Å². The standard InChI is InChI=1S/C16H21ClN4/c1-5-18-15-14(10(2)3)16(20-9-19-15)21-13-8-12(17)7-6-11(13)4/h6-10H,5H2,1-4H3,(H2,18,19,20,21). The van der Waals surface area contributed by atoms with Gasteiger partial charge in [0.2, 0.25) is 0 Å². The molecule has 0 aliphatic carbocycles. The molecule has 0 radical (unpaired) electrons. The zero-order valence-corrected chi connectivity index (χ0v) is 13.6. The van der Waals surface area contributed by atoms with Crippen molar-refractivity contribution in [1.82, 2.24) is 9.97 Å². The third-order valence-electron chi connectivity index (χ3n) is 3.26. The molecule has 0 unspecified atom stereocenters. The van der Waals surface area contributed by atoms with E-state index in [1.165, 1.54) is 0 Å². The Balaban J connectivity index is 2.43. The van der Waals surface area contributed by atoms with E-state index in [1.54, 1.807) is 6.33 Å². The van der Waals surface area contributed by atoms with Gasteiger partial charge in [0.25, 0.3) is 0 Å². The molecule has 0 fully saturated rings. The Morgan fingerprint density at radius 1 is 1.19 bits per heavy atom. The summed E-state index contributed by atoms with van der Waals surface area (Å²) in [5.74, 6) is 2.01. The van der Waals surface area contributed by atoms with Crippen LogP contribution >= 0.6 is 11.6 Å². The lowest BCUT2D eigenvalue weighted by Gasteiger charge is -2.18. The average Bonchev–Trinajstić information content (AvgIpc) is 2.43. The Morgan fingerprint density at radius 2 is 1.90 bits per heavy atom. The van der Waals surface area contributed by atoms with E-state index in [4.69, 9.17) is 11.6 Å². The number of anilines is 3. The number of aromatic nitrogens is 2. The zero-order valence-electron chi connectivity index (χ0n) is 12.9. The number of hydrogen-bond donors (Lipinski definition) is 2. The van der Waals surface area contributed by atoms with E-state index in [-0.39, 0.29) is 0 Å². The second-order valence-electron chi connectivity index (χ2n) is 5.25. The molecule has 0 saturated carbocycles. The van der Waals surface area contributed by atoms with Crippen LogP contribution in [0.3, 0.4) is 0 Å². The monoisotopic (exact) mass is 304 g/mol. The van der Waals surface area contributed by atoms with Crippen LogP contribution in [0.25, 0.3) is 0 Å². The molecular weight excluding hydrogens is 284 g/mol. The van der Waals surface area contributed by atoms with Crippen molar-refractivity contribution < 1.29 is 0 Å². The predicted molar refractivity (Wildman–Crippen MR) is 89.8 cm³/mol. The lowest BCUT2D eigenvalue weighted by molar-refractivity contribution is 0.849. The predicted octanol–water partition coefficient (Wildman–Crippen LogP) is 4.74. The highest BCUT2D eigenvalue weighted by atomic mass is 35.5. The number of rotatable bonds is 5. The zero-order chi connectivity index (χ0) is 15.4. The number of benzene rings is 1. The molecule has 0 spiro atoms. The Hall–Kier alpha value is -1.81. The molecule has 2 aromatic rings. The minimum atomic E-state index is 0.308. The summed E-state index contributed by atoms with van der Waals surface area (Å²) in [6.45, 7) is 9.19. The molecule has 0 atom stereocenters. The highest BCUT2D eigenvalue weighted by Gasteiger charge is 2.15. The van der Waals surface area contributed by atoms with E-state index < -0.39 is 0 Å². The van der Waals surface area contributed by atoms with Crippen LogP contribution in [0.2, 0.25) is 5.02 Å². The van der Waals surface area contributed by atoms with E-state index >= 15 is 0 Å². The molecule has 21 heavy (non-hydrogen) atoms. The molecule has 0 bridgehead atoms. The number of hydrogen-bond acceptors (Lipinski definition) is 4. The maximum atomic E-state index is 6.08. The van der Waals surface area contributed by atoms with Gasteiger partial charge in [-0.1, -0.05) is 31.5 Å². The van der Waals surface area contributed by atoms with Crippen LogP contribution in [0, 0.1) is 6.92 Å². The Kier molecular flexibility index (Phi) is 5.02. The fraction of sp³-hybridized carbons (Fsp3) is 0.375. The van der Waals surface area contributed by atoms with Crippen molar-refractivity contribution in [2.45, 2.75) is 33.6 Å². The molecule has 1 aromatic carbocycles. The molecule has 5 heteroatoms. The van der Waals surface area contributed by atoms with Crippen molar-refractivity contribution in [3.8, 4) is 0 Å². The van der Waals surface area contributed by atoms with Crippen molar-refractivity contribution >= 4 is 28.9 Å². The van der Waals surface area contributed by atoms with Gasteiger partial charge in [0.1, 0.15) is 18.0 Å². The quantitative estimate of drug-likeness (QED) is 0.838. The fourth-order valence-electron chi connectivity index (χ4n) is 2.21. The summed E-state index contributed by atoms with van der Waals surface area (Å²) in [4.78, 5) is 8.75. The fourth-order valence-corrected chi connectivity index (χ4v) is 2.38. The van der Waals surface area contributed by atoms with Gasteiger partial charge in [0.15, 0.2) is 0 Å². The maximum absolute atomic E-state index is 6.08. The van der Waals surface area contributed by atoms with Gasteiger partial charge in [0, 0.05) is 22.8 Å². The van der Waals surface area contributed by atoms with Gasteiger partial charge < -0.3 is 10.6 Å². The van der Waals surface area contributed by atoms with Gasteiger partial charge in [-0.15, -0.1) is 0 Å². The maximum Gasteiger partial charge on any atom is 0.139 e. The summed E-state index contributed by atoms with van der Waals surface area (Å²) in [6, 6.07) is 5.79. The van der Waals surface area contributed by atoms with Gasteiger partial charge in [-0.3, -0.25) is 0 Å². The first kappa shape index (κ1) is 15.6. The van der Waals surface area contributed by atoms with Crippen LogP contribution in [0.5, 0.6) is 0 Å². The summed E-state index contributed by atoms with van der Waals surface area (Å²) < 4.78 is 0. The Bertz CT molecular complexity index is 626. The first-order chi connectivity index (χ1) is 10.0. The number of aryl methyl sites for hydroxylation is 1. The van der Waals surface area contributed by atoms with Crippen LogP contribution in [-0.2, 0) is 0 Å². The van der Waals surface area contributed by atoms with Gasteiger partial charge >= 0.3 is 0 Å². The van der Waals surface area contributed by atoms with E-state index in [0.29, 0.717) is 10.9 Å². The second-order valence-corrected chi connectivity index (χ2v) is 5.69. The normalized spacial score (nSPS) is 10.8. The van der Waals surface area contributed by atoms with Gasteiger partial charge in [-0.25, -0.2) is 9.97 Å². The first-order valence-electron chi connectivity index (χ1n) is 7.14. The molecule has 2 N–H and O–H groups in total. The van der Waals surface area contributed by atoms with Gasteiger partial charge in [-0.05, 0) is 37.5 Å². The van der Waals surface area contributed by atoms with E-state index in [9.17, 15) is 0 Å². The van der Waals surface area contributed by atoms with Crippen LogP contribution in [0.15, 0.2) is 24.5 Å². The molecule has 1 heterocycles. The van der Waals surface area contributed by atoms with E-state index in [2.05, 4.69) is 41.4 Å². The van der Waals surface area contributed by atoms with Crippen LogP contribution < -0.4 is 10.6 Å².